The molecule has 1 saturated heterocycles. The predicted octanol–water partition coefficient (Wildman–Crippen LogP) is 1.98. The van der Waals surface area contributed by atoms with E-state index in [0.29, 0.717) is 43.9 Å². The number of nitro groups is 1. The first-order valence-electron chi connectivity index (χ1n) is 9.52. The van der Waals surface area contributed by atoms with Crippen molar-refractivity contribution in [3.63, 3.8) is 0 Å². The quantitative estimate of drug-likeness (QED) is 0.595. The zero-order valence-corrected chi connectivity index (χ0v) is 16.3. The molecule has 0 bridgehead atoms. The van der Waals surface area contributed by atoms with E-state index in [9.17, 15) is 19.7 Å². The summed E-state index contributed by atoms with van der Waals surface area (Å²) >= 11 is 0. The van der Waals surface area contributed by atoms with Crippen molar-refractivity contribution in [1.82, 2.24) is 15.1 Å². The van der Waals surface area contributed by atoms with Gasteiger partial charge in [0.25, 0.3) is 11.6 Å². The smallest absolute Gasteiger partial charge is 0.273 e. The minimum Gasteiger partial charge on any atom is -0.351 e. The van der Waals surface area contributed by atoms with Crippen LogP contribution < -0.4 is 5.32 Å². The number of carbonyl (C=O) groups is 2. The summed E-state index contributed by atoms with van der Waals surface area (Å²) in [5.41, 5.74) is 1.73. The van der Waals surface area contributed by atoms with Crippen molar-refractivity contribution in [2.45, 2.75) is 13.5 Å². The number of nitrogens with one attached hydrogen (secondary N) is 1. The van der Waals surface area contributed by atoms with Gasteiger partial charge in [-0.25, -0.2) is 0 Å². The van der Waals surface area contributed by atoms with Gasteiger partial charge >= 0.3 is 0 Å². The van der Waals surface area contributed by atoms with Gasteiger partial charge in [0.05, 0.1) is 11.5 Å². The van der Waals surface area contributed by atoms with Crippen LogP contribution >= 0.6 is 0 Å². The fourth-order valence-corrected chi connectivity index (χ4v) is 3.39. The zero-order valence-electron chi connectivity index (χ0n) is 16.3. The van der Waals surface area contributed by atoms with Crippen LogP contribution in [0.4, 0.5) is 5.69 Å². The first-order valence-corrected chi connectivity index (χ1v) is 9.52. The monoisotopic (exact) mass is 396 g/mol. The fourth-order valence-electron chi connectivity index (χ4n) is 3.39. The standard InChI is InChI=1S/C21H24N4O4/c1-16-18(8-5-9-19(16)25(28)29)21(27)24-12-10-23(11-13-24)15-20(26)22-14-17-6-3-2-4-7-17/h2-9H,10-15H2,1H3,(H,22,26). The third-order valence-corrected chi connectivity index (χ3v) is 5.09. The normalized spacial score (nSPS) is 14.4. The molecule has 8 nitrogen and oxygen atoms in total. The minimum atomic E-state index is -0.474. The van der Waals surface area contributed by atoms with Crippen LogP contribution in [0, 0.1) is 17.0 Å². The number of nitro benzene ring substituents is 1. The lowest BCUT2D eigenvalue weighted by molar-refractivity contribution is -0.385. The molecule has 1 aliphatic rings. The highest BCUT2D eigenvalue weighted by molar-refractivity contribution is 5.96. The molecule has 152 valence electrons. The highest BCUT2D eigenvalue weighted by Gasteiger charge is 2.26. The van der Waals surface area contributed by atoms with Gasteiger partial charge in [-0.15, -0.1) is 0 Å². The number of carbonyl (C=O) groups excluding carboxylic acids is 2. The highest BCUT2D eigenvalue weighted by atomic mass is 16.6. The van der Waals surface area contributed by atoms with Crippen molar-refractivity contribution < 1.29 is 14.5 Å². The molecule has 29 heavy (non-hydrogen) atoms. The molecule has 0 saturated carbocycles. The molecule has 2 aromatic carbocycles. The number of rotatable bonds is 6. The number of hydrogen-bond donors (Lipinski definition) is 1. The first kappa shape index (κ1) is 20.5. The van der Waals surface area contributed by atoms with Gasteiger partial charge in [0.1, 0.15) is 0 Å². The van der Waals surface area contributed by atoms with E-state index in [0.717, 1.165) is 5.56 Å². The second kappa shape index (κ2) is 9.29. The maximum atomic E-state index is 12.8. The summed E-state index contributed by atoms with van der Waals surface area (Å²) < 4.78 is 0. The Bertz CT molecular complexity index is 893. The number of amides is 2. The van der Waals surface area contributed by atoms with Gasteiger partial charge in [0, 0.05) is 49.9 Å². The fraction of sp³-hybridized carbons (Fsp3) is 0.333. The molecule has 8 heteroatoms. The Hall–Kier alpha value is -3.26. The average molecular weight is 396 g/mol. The Kier molecular flexibility index (Phi) is 6.56. The molecule has 3 rings (SSSR count). The molecular formula is C21H24N4O4. The summed E-state index contributed by atoms with van der Waals surface area (Å²) in [6, 6.07) is 14.3. The Morgan fingerprint density at radius 2 is 1.72 bits per heavy atom. The molecule has 1 fully saturated rings. The van der Waals surface area contributed by atoms with Crippen molar-refractivity contribution in [2.75, 3.05) is 32.7 Å². The lowest BCUT2D eigenvalue weighted by atomic mass is 10.1. The number of nitrogens with zero attached hydrogens (tertiary/aromatic N) is 3. The SMILES string of the molecule is Cc1c(C(=O)N2CCN(CC(=O)NCc3ccccc3)CC2)cccc1[N+](=O)[O-]. The summed E-state index contributed by atoms with van der Waals surface area (Å²) in [6.45, 7) is 4.49. The molecule has 2 aromatic rings. The third-order valence-electron chi connectivity index (χ3n) is 5.09. The first-order chi connectivity index (χ1) is 14.0. The van der Waals surface area contributed by atoms with Gasteiger partial charge < -0.3 is 10.2 Å². The van der Waals surface area contributed by atoms with Gasteiger partial charge in [-0.05, 0) is 18.6 Å². The molecule has 0 spiro atoms. The maximum Gasteiger partial charge on any atom is 0.273 e. The van der Waals surface area contributed by atoms with Crippen LogP contribution in [0.25, 0.3) is 0 Å². The van der Waals surface area contributed by atoms with E-state index in [1.807, 2.05) is 35.2 Å². The van der Waals surface area contributed by atoms with E-state index in [1.54, 1.807) is 17.9 Å². The number of benzene rings is 2. The van der Waals surface area contributed by atoms with Crippen LogP contribution in [0.3, 0.4) is 0 Å². The van der Waals surface area contributed by atoms with Crippen molar-refractivity contribution in [3.8, 4) is 0 Å². The molecule has 0 radical (unpaired) electrons. The van der Waals surface area contributed by atoms with Crippen LogP contribution in [0.15, 0.2) is 48.5 Å². The van der Waals surface area contributed by atoms with Gasteiger partial charge in [0.2, 0.25) is 5.91 Å². The molecule has 2 amide bonds. The van der Waals surface area contributed by atoms with E-state index < -0.39 is 4.92 Å². The van der Waals surface area contributed by atoms with E-state index >= 15 is 0 Å². The van der Waals surface area contributed by atoms with Crippen LogP contribution in [0.5, 0.6) is 0 Å². The Morgan fingerprint density at radius 1 is 1.03 bits per heavy atom. The summed E-state index contributed by atoms with van der Waals surface area (Å²) in [5, 5.41) is 14.0. The second-order valence-corrected chi connectivity index (χ2v) is 7.04. The summed E-state index contributed by atoms with van der Waals surface area (Å²) in [7, 11) is 0. The van der Waals surface area contributed by atoms with Crippen molar-refractivity contribution in [1.29, 1.82) is 0 Å². The lowest BCUT2D eigenvalue weighted by Gasteiger charge is -2.34. The molecule has 0 aliphatic carbocycles. The molecule has 1 heterocycles. The summed E-state index contributed by atoms with van der Waals surface area (Å²) in [5.74, 6) is -0.262. The van der Waals surface area contributed by atoms with Gasteiger partial charge in [0.15, 0.2) is 0 Å². The van der Waals surface area contributed by atoms with Crippen LogP contribution in [0.1, 0.15) is 21.5 Å². The van der Waals surface area contributed by atoms with Crippen molar-refractivity contribution in [3.05, 3.63) is 75.3 Å². The third kappa shape index (κ3) is 5.17. The zero-order chi connectivity index (χ0) is 20.8. The van der Waals surface area contributed by atoms with E-state index in [2.05, 4.69) is 5.32 Å². The topological polar surface area (TPSA) is 95.8 Å². The predicted molar refractivity (Wildman–Crippen MR) is 108 cm³/mol. The molecule has 1 N–H and O–H groups in total. The molecule has 0 atom stereocenters. The minimum absolute atomic E-state index is 0.0513. The molecule has 0 unspecified atom stereocenters. The number of piperazine rings is 1. The molecule has 0 aromatic heterocycles. The Balaban J connectivity index is 1.50. The molecule has 1 aliphatic heterocycles. The lowest BCUT2D eigenvalue weighted by Crippen LogP contribution is -2.51. The largest absolute Gasteiger partial charge is 0.351 e. The van der Waals surface area contributed by atoms with Gasteiger partial charge in [-0.3, -0.25) is 24.6 Å². The second-order valence-electron chi connectivity index (χ2n) is 7.04. The average Bonchev–Trinajstić information content (AvgIpc) is 2.73. The van der Waals surface area contributed by atoms with Crippen LogP contribution in [0.2, 0.25) is 0 Å². The summed E-state index contributed by atoms with van der Waals surface area (Å²) in [4.78, 5) is 39.3. The van der Waals surface area contributed by atoms with Crippen molar-refractivity contribution >= 4 is 17.5 Å². The Morgan fingerprint density at radius 3 is 2.38 bits per heavy atom. The van der Waals surface area contributed by atoms with Crippen molar-refractivity contribution in [2.24, 2.45) is 0 Å². The maximum absolute atomic E-state index is 12.8. The van der Waals surface area contributed by atoms with E-state index in [1.165, 1.54) is 12.1 Å². The highest BCUT2D eigenvalue weighted by Crippen LogP contribution is 2.22. The molecular weight excluding hydrogens is 372 g/mol. The van der Waals surface area contributed by atoms with E-state index in [4.69, 9.17) is 0 Å². The van der Waals surface area contributed by atoms with Gasteiger partial charge in [-0.2, -0.15) is 0 Å². The Labute approximate surface area is 169 Å². The van der Waals surface area contributed by atoms with Crippen LogP contribution in [-0.2, 0) is 11.3 Å². The van der Waals surface area contributed by atoms with E-state index in [-0.39, 0.29) is 24.0 Å². The van der Waals surface area contributed by atoms with Crippen LogP contribution in [-0.4, -0.2) is 59.3 Å². The summed E-state index contributed by atoms with van der Waals surface area (Å²) in [6.07, 6.45) is 0. The number of hydrogen-bond acceptors (Lipinski definition) is 5. The van der Waals surface area contributed by atoms with Gasteiger partial charge in [-0.1, -0.05) is 36.4 Å².